The Labute approximate surface area is 273 Å². The molecule has 1 fully saturated rings. The monoisotopic (exact) mass is 646 g/mol. The Bertz CT molecular complexity index is 2050. The fourth-order valence-electron chi connectivity index (χ4n) is 6.47. The number of allylic oxidation sites excluding steroid dienone is 2. The number of anilines is 1. The van der Waals surface area contributed by atoms with Crippen LogP contribution in [0.3, 0.4) is 0 Å². The van der Waals surface area contributed by atoms with Gasteiger partial charge in [0, 0.05) is 33.9 Å². The zero-order valence-electron chi connectivity index (χ0n) is 24.9. The number of rotatable bonds is 7. The van der Waals surface area contributed by atoms with Crippen molar-refractivity contribution in [2.24, 2.45) is 0 Å². The van der Waals surface area contributed by atoms with Crippen LogP contribution in [0.15, 0.2) is 71.6 Å². The van der Waals surface area contributed by atoms with Crippen molar-refractivity contribution < 1.29 is 38.9 Å². The van der Waals surface area contributed by atoms with Crippen LogP contribution in [-0.2, 0) is 26.4 Å². The van der Waals surface area contributed by atoms with Gasteiger partial charge in [0.15, 0.2) is 17.2 Å². The molecule has 2 heterocycles. The number of thioether (sulfide) groups is 1. The van der Waals surface area contributed by atoms with Gasteiger partial charge in [-0.05, 0) is 60.9 Å². The van der Waals surface area contributed by atoms with Crippen molar-refractivity contribution in [2.45, 2.75) is 41.7 Å². The summed E-state index contributed by atoms with van der Waals surface area (Å²) in [5.74, 6) is 9.08. The average molecular weight is 647 g/mol. The van der Waals surface area contributed by atoms with E-state index in [9.17, 15) is 29.4 Å². The van der Waals surface area contributed by atoms with Crippen molar-refractivity contribution in [3.8, 4) is 29.4 Å². The van der Waals surface area contributed by atoms with E-state index in [4.69, 9.17) is 9.47 Å². The first-order chi connectivity index (χ1) is 22.7. The number of epoxide rings is 1. The minimum Gasteiger partial charge on any atom is -0.507 e. The highest BCUT2D eigenvalue weighted by Gasteiger charge is 2.83. The zero-order chi connectivity index (χ0) is 32.9. The summed E-state index contributed by atoms with van der Waals surface area (Å²) in [6.07, 6.45) is 1.04. The van der Waals surface area contributed by atoms with E-state index in [1.165, 1.54) is 37.3 Å². The van der Waals surface area contributed by atoms with Gasteiger partial charge in [0.2, 0.25) is 11.4 Å². The molecule has 0 saturated carbocycles. The molecule has 0 unspecified atom stereocenters. The van der Waals surface area contributed by atoms with Crippen LogP contribution in [0, 0.1) is 23.7 Å². The second kappa shape index (κ2) is 11.5. The van der Waals surface area contributed by atoms with Gasteiger partial charge in [-0.25, -0.2) is 4.79 Å². The first-order valence-electron chi connectivity index (χ1n) is 14.8. The normalized spacial score (nSPS) is 23.9. The number of phenols is 1. The third-order valence-electron chi connectivity index (χ3n) is 8.63. The molecule has 0 spiro atoms. The summed E-state index contributed by atoms with van der Waals surface area (Å²) in [6.45, 7) is 1.69. The Morgan fingerprint density at radius 3 is 2.62 bits per heavy atom. The molecule has 2 aliphatic heterocycles. The van der Waals surface area contributed by atoms with Crippen molar-refractivity contribution in [3.05, 3.63) is 100 Å². The molecule has 11 heteroatoms. The standard InChI is InChI=1S/C36H26N2O8S/c1-20(39)35-27-11-7-2-3-8-12-28(41)36(35,46-35)25-18-26(40)29-30(31(25)38-27)32(42)23-14-13-21(17-24(23)33(29)43)19-37-34(44)45-15-16-47-22-9-5-4-6-10-22/h2-6,9-10,13-14,17-18,20,27,38-40H,15-16,19H2,1H3,(H,37,44)/b3-2-/t20-,27+,35+,36+/m1/s1. The number of ether oxygens (including phenoxy) is 2. The summed E-state index contributed by atoms with van der Waals surface area (Å²) in [6, 6.07) is 14.6. The molecule has 4 aliphatic rings. The third kappa shape index (κ3) is 4.71. The van der Waals surface area contributed by atoms with Crippen LogP contribution in [0.2, 0.25) is 0 Å². The fraction of sp³-hybridized carbons (Fsp3) is 0.222. The molecule has 1 amide bonds. The number of alkyl carbamates (subject to hydrolysis) is 1. The van der Waals surface area contributed by atoms with Gasteiger partial charge in [-0.1, -0.05) is 42.0 Å². The lowest BCUT2D eigenvalue weighted by Crippen LogP contribution is -2.54. The highest BCUT2D eigenvalue weighted by Crippen LogP contribution is 2.66. The SMILES string of the molecule is C[C@@H](O)[C@@]12O[C@@]13C(=O)C#C/C=C\C#C[C@@H]2Nc1c3cc(O)c2c1C(=O)c1ccc(CNC(=O)OCCSc3ccccc3)cc1C2=O. The zero-order valence-corrected chi connectivity index (χ0v) is 25.7. The van der Waals surface area contributed by atoms with Crippen LogP contribution in [0.25, 0.3) is 0 Å². The predicted octanol–water partition coefficient (Wildman–Crippen LogP) is 3.47. The number of benzene rings is 3. The maximum absolute atomic E-state index is 14.1. The molecule has 0 aromatic heterocycles. The molecule has 3 aromatic rings. The number of fused-ring (bicyclic) bond motifs is 4. The number of Topliss-reactive ketones (excluding diaryl/α,β-unsaturated/α-hetero) is 1. The van der Waals surface area contributed by atoms with Gasteiger partial charge in [0.1, 0.15) is 18.4 Å². The highest BCUT2D eigenvalue weighted by atomic mass is 32.2. The fourth-order valence-corrected chi connectivity index (χ4v) is 7.22. The Morgan fingerprint density at radius 1 is 1.06 bits per heavy atom. The summed E-state index contributed by atoms with van der Waals surface area (Å²) in [5.41, 5.74) is -2.90. The van der Waals surface area contributed by atoms with Gasteiger partial charge >= 0.3 is 6.09 Å². The summed E-state index contributed by atoms with van der Waals surface area (Å²) in [5, 5.41) is 27.9. The minimum atomic E-state index is -1.83. The van der Waals surface area contributed by atoms with Crippen LogP contribution < -0.4 is 10.6 Å². The Hall–Kier alpha value is -5.33. The smallest absolute Gasteiger partial charge is 0.407 e. The Kier molecular flexibility index (Phi) is 7.41. The quantitative estimate of drug-likeness (QED) is 0.0586. The molecule has 0 radical (unpaired) electrons. The van der Waals surface area contributed by atoms with Crippen molar-refractivity contribution in [1.29, 1.82) is 0 Å². The van der Waals surface area contributed by atoms with Crippen molar-refractivity contribution in [1.82, 2.24) is 5.32 Å². The summed E-state index contributed by atoms with van der Waals surface area (Å²) in [4.78, 5) is 54.9. The lowest BCUT2D eigenvalue weighted by atomic mass is 9.70. The second-order valence-corrected chi connectivity index (χ2v) is 12.5. The molecule has 234 valence electrons. The number of phenolic OH excluding ortho intramolecular Hbond substituents is 1. The minimum absolute atomic E-state index is 0.0310. The molecule has 47 heavy (non-hydrogen) atoms. The van der Waals surface area contributed by atoms with Gasteiger partial charge in [-0.2, -0.15) is 0 Å². The summed E-state index contributed by atoms with van der Waals surface area (Å²) in [7, 11) is 0. The van der Waals surface area contributed by atoms with Crippen LogP contribution in [0.4, 0.5) is 10.5 Å². The van der Waals surface area contributed by atoms with Crippen molar-refractivity contribution in [3.63, 3.8) is 0 Å². The predicted molar refractivity (Wildman–Crippen MR) is 171 cm³/mol. The van der Waals surface area contributed by atoms with E-state index in [0.29, 0.717) is 11.3 Å². The van der Waals surface area contributed by atoms with E-state index in [0.717, 1.165) is 4.90 Å². The molecular formula is C36H26N2O8S. The number of aromatic hydroxyl groups is 1. The van der Waals surface area contributed by atoms with E-state index in [-0.39, 0.29) is 46.7 Å². The maximum atomic E-state index is 14.1. The van der Waals surface area contributed by atoms with E-state index in [1.54, 1.807) is 17.8 Å². The van der Waals surface area contributed by atoms with Crippen LogP contribution >= 0.6 is 11.8 Å². The molecule has 10 nitrogen and oxygen atoms in total. The second-order valence-electron chi connectivity index (χ2n) is 11.3. The van der Waals surface area contributed by atoms with Crippen LogP contribution in [-0.4, -0.2) is 63.8 Å². The number of aliphatic hydroxyl groups is 1. The van der Waals surface area contributed by atoms with Gasteiger partial charge in [-0.3, -0.25) is 14.4 Å². The number of amides is 1. The first-order valence-corrected chi connectivity index (χ1v) is 15.8. The topological polar surface area (TPSA) is 155 Å². The van der Waals surface area contributed by atoms with E-state index >= 15 is 0 Å². The number of ketones is 3. The average Bonchev–Trinajstić information content (AvgIpc) is 3.80. The molecule has 1 saturated heterocycles. The third-order valence-corrected chi connectivity index (χ3v) is 9.61. The number of nitrogens with one attached hydrogen (secondary N) is 2. The summed E-state index contributed by atoms with van der Waals surface area (Å²) >= 11 is 1.56. The molecule has 2 aliphatic carbocycles. The van der Waals surface area contributed by atoms with Gasteiger partial charge in [0.05, 0.1) is 22.9 Å². The van der Waals surface area contributed by atoms with Gasteiger partial charge < -0.3 is 30.3 Å². The Morgan fingerprint density at radius 2 is 1.83 bits per heavy atom. The van der Waals surface area contributed by atoms with Gasteiger partial charge in [0.25, 0.3) is 0 Å². The first kappa shape index (κ1) is 30.3. The van der Waals surface area contributed by atoms with Crippen LogP contribution in [0.5, 0.6) is 5.75 Å². The number of carbonyl (C=O) groups excluding carboxylic acids is 4. The van der Waals surface area contributed by atoms with Crippen molar-refractivity contribution >= 4 is 40.9 Å². The lowest BCUT2D eigenvalue weighted by Gasteiger charge is -2.35. The maximum Gasteiger partial charge on any atom is 0.407 e. The largest absolute Gasteiger partial charge is 0.507 e. The van der Waals surface area contributed by atoms with E-state index in [1.807, 2.05) is 30.3 Å². The number of hydrogen-bond donors (Lipinski definition) is 4. The molecular weight excluding hydrogens is 620 g/mol. The number of carbonyl (C=O) groups is 4. The molecule has 2 bridgehead atoms. The highest BCUT2D eigenvalue weighted by molar-refractivity contribution is 7.99. The number of aliphatic hydroxyl groups excluding tert-OH is 1. The Balaban J connectivity index is 1.16. The van der Waals surface area contributed by atoms with Gasteiger partial charge in [-0.15, -0.1) is 11.8 Å². The van der Waals surface area contributed by atoms with E-state index in [2.05, 4.69) is 34.3 Å². The molecule has 7 rings (SSSR count). The molecule has 3 aromatic carbocycles. The lowest BCUT2D eigenvalue weighted by molar-refractivity contribution is -0.119. The van der Waals surface area contributed by atoms with E-state index < -0.39 is 52.5 Å². The molecule has 4 N–H and O–H groups in total. The number of hydrogen-bond acceptors (Lipinski definition) is 10. The summed E-state index contributed by atoms with van der Waals surface area (Å²) < 4.78 is 11.3. The van der Waals surface area contributed by atoms with Crippen LogP contribution in [0.1, 0.15) is 49.9 Å². The molecule has 4 atom stereocenters. The van der Waals surface area contributed by atoms with Crippen molar-refractivity contribution in [2.75, 3.05) is 17.7 Å².